The molecule has 0 bridgehead atoms. The number of piperidine rings is 1. The lowest BCUT2D eigenvalue weighted by Gasteiger charge is -2.34. The van der Waals surface area contributed by atoms with Crippen LogP contribution in [0.2, 0.25) is 5.02 Å². The van der Waals surface area contributed by atoms with Crippen molar-refractivity contribution in [3.05, 3.63) is 59.4 Å². The van der Waals surface area contributed by atoms with Crippen LogP contribution in [-0.2, 0) is 4.79 Å². The highest BCUT2D eigenvalue weighted by atomic mass is 35.5. The molecular weight excluding hydrogens is 343 g/mol. The number of anilines is 1. The maximum atomic E-state index is 13.4. The van der Waals surface area contributed by atoms with Crippen LogP contribution < -0.4 is 15.0 Å². The third-order valence-electron chi connectivity index (χ3n) is 4.14. The maximum absolute atomic E-state index is 13.4. The van der Waals surface area contributed by atoms with E-state index in [1.165, 1.54) is 12.1 Å². The largest absolute Gasteiger partial charge is 0.484 e. The van der Waals surface area contributed by atoms with Gasteiger partial charge in [-0.05, 0) is 55.3 Å². The molecule has 3 rings (SSSR count). The van der Waals surface area contributed by atoms with E-state index in [-0.39, 0.29) is 24.4 Å². The molecule has 1 N–H and O–H groups in total. The van der Waals surface area contributed by atoms with Crippen LogP contribution in [-0.4, -0.2) is 31.6 Å². The molecule has 0 spiro atoms. The first-order chi connectivity index (χ1) is 12.1. The summed E-state index contributed by atoms with van der Waals surface area (Å²) in [6.07, 6.45) is 1.85. The fraction of sp³-hybridized carbons (Fsp3) is 0.316. The van der Waals surface area contributed by atoms with Crippen LogP contribution in [0.15, 0.2) is 48.5 Å². The quantitative estimate of drug-likeness (QED) is 0.882. The summed E-state index contributed by atoms with van der Waals surface area (Å²) in [4.78, 5) is 14.2. The summed E-state index contributed by atoms with van der Waals surface area (Å²) in [6, 6.07) is 13.4. The first-order valence-corrected chi connectivity index (χ1v) is 8.66. The fourth-order valence-corrected chi connectivity index (χ4v) is 3.08. The standard InChI is InChI=1S/C19H20ClFN2O2/c20-14-6-8-18(9-7-14)25-13-19(24)22-16-4-2-10-23(12-16)17-5-1-3-15(21)11-17/h1,3,5-9,11,16H,2,4,10,12-13H2,(H,22,24)/t16-/m0/s1. The molecule has 0 saturated carbocycles. The van der Waals surface area contributed by atoms with E-state index >= 15 is 0 Å². The molecule has 0 unspecified atom stereocenters. The van der Waals surface area contributed by atoms with Gasteiger partial charge in [0.25, 0.3) is 5.91 Å². The molecule has 0 aromatic heterocycles. The topological polar surface area (TPSA) is 41.6 Å². The van der Waals surface area contributed by atoms with Crippen LogP contribution in [0.5, 0.6) is 5.75 Å². The van der Waals surface area contributed by atoms with Gasteiger partial charge in [-0.15, -0.1) is 0 Å². The molecule has 1 heterocycles. The molecule has 1 fully saturated rings. The van der Waals surface area contributed by atoms with Crippen molar-refractivity contribution in [1.82, 2.24) is 5.32 Å². The van der Waals surface area contributed by atoms with E-state index < -0.39 is 0 Å². The highest BCUT2D eigenvalue weighted by Crippen LogP contribution is 2.21. The Morgan fingerprint density at radius 3 is 2.84 bits per heavy atom. The molecule has 1 atom stereocenters. The van der Waals surface area contributed by atoms with E-state index in [4.69, 9.17) is 16.3 Å². The van der Waals surface area contributed by atoms with E-state index in [1.54, 1.807) is 30.3 Å². The number of nitrogens with zero attached hydrogens (tertiary/aromatic N) is 1. The summed E-state index contributed by atoms with van der Waals surface area (Å²) in [5, 5.41) is 3.61. The molecule has 1 aliphatic rings. The van der Waals surface area contributed by atoms with Crippen molar-refractivity contribution >= 4 is 23.2 Å². The van der Waals surface area contributed by atoms with E-state index in [1.807, 2.05) is 6.07 Å². The molecule has 1 aliphatic heterocycles. The Bertz CT molecular complexity index is 724. The number of nitrogens with one attached hydrogen (secondary N) is 1. The van der Waals surface area contributed by atoms with E-state index in [0.29, 0.717) is 17.3 Å². The minimum Gasteiger partial charge on any atom is -0.484 e. The minimum absolute atomic E-state index is 0.0262. The van der Waals surface area contributed by atoms with Gasteiger partial charge in [-0.25, -0.2) is 4.39 Å². The van der Waals surface area contributed by atoms with Gasteiger partial charge < -0.3 is 15.0 Å². The summed E-state index contributed by atoms with van der Waals surface area (Å²) in [6.45, 7) is 1.48. The lowest BCUT2D eigenvalue weighted by Crippen LogP contribution is -2.49. The second-order valence-corrected chi connectivity index (χ2v) is 6.51. The molecule has 1 saturated heterocycles. The molecule has 0 radical (unpaired) electrons. The number of ether oxygens (including phenoxy) is 1. The third kappa shape index (κ3) is 5.10. The molecule has 1 amide bonds. The normalized spacial score (nSPS) is 17.2. The van der Waals surface area contributed by atoms with Gasteiger partial charge >= 0.3 is 0 Å². The van der Waals surface area contributed by atoms with Gasteiger partial charge in [0.15, 0.2) is 6.61 Å². The van der Waals surface area contributed by atoms with Gasteiger partial charge in [-0.3, -0.25) is 4.79 Å². The van der Waals surface area contributed by atoms with E-state index in [2.05, 4.69) is 10.2 Å². The van der Waals surface area contributed by atoms with Crippen molar-refractivity contribution < 1.29 is 13.9 Å². The van der Waals surface area contributed by atoms with Gasteiger partial charge in [-0.1, -0.05) is 17.7 Å². The molecule has 2 aromatic rings. The zero-order valence-corrected chi connectivity index (χ0v) is 14.5. The van der Waals surface area contributed by atoms with Gasteiger partial charge in [0, 0.05) is 29.8 Å². The van der Waals surface area contributed by atoms with Gasteiger partial charge in [0.05, 0.1) is 0 Å². The van der Waals surface area contributed by atoms with Crippen molar-refractivity contribution in [3.63, 3.8) is 0 Å². The SMILES string of the molecule is O=C(COc1ccc(Cl)cc1)N[C@H]1CCCN(c2cccc(F)c2)C1. The minimum atomic E-state index is -0.250. The molecule has 4 nitrogen and oxygen atoms in total. The zero-order chi connectivity index (χ0) is 17.6. The van der Waals surface area contributed by atoms with Crippen molar-refractivity contribution in [3.8, 4) is 5.75 Å². The van der Waals surface area contributed by atoms with Crippen molar-refractivity contribution in [2.45, 2.75) is 18.9 Å². The van der Waals surface area contributed by atoms with E-state index in [9.17, 15) is 9.18 Å². The van der Waals surface area contributed by atoms with E-state index in [0.717, 1.165) is 25.1 Å². The summed E-state index contributed by atoms with van der Waals surface area (Å²) in [5.41, 5.74) is 0.844. The predicted molar refractivity (Wildman–Crippen MR) is 96.7 cm³/mol. The average Bonchev–Trinajstić information content (AvgIpc) is 2.61. The van der Waals surface area contributed by atoms with Gasteiger partial charge in [0.1, 0.15) is 11.6 Å². The zero-order valence-electron chi connectivity index (χ0n) is 13.8. The molecule has 0 aliphatic carbocycles. The molecule has 2 aromatic carbocycles. The Kier molecular flexibility index (Phi) is 5.76. The number of hydrogen-bond acceptors (Lipinski definition) is 3. The summed E-state index contributed by atoms with van der Waals surface area (Å²) >= 11 is 5.81. The number of amides is 1. The second kappa shape index (κ2) is 8.21. The monoisotopic (exact) mass is 362 g/mol. The predicted octanol–water partition coefficient (Wildman–Crippen LogP) is 3.64. The molecule has 132 valence electrons. The number of hydrogen-bond donors (Lipinski definition) is 1. The number of halogens is 2. The first-order valence-electron chi connectivity index (χ1n) is 8.28. The fourth-order valence-electron chi connectivity index (χ4n) is 2.95. The Morgan fingerprint density at radius 1 is 1.28 bits per heavy atom. The van der Waals surface area contributed by atoms with Crippen LogP contribution in [0.4, 0.5) is 10.1 Å². The van der Waals surface area contributed by atoms with Gasteiger partial charge in [0.2, 0.25) is 0 Å². The Labute approximate surface area is 151 Å². The van der Waals surface area contributed by atoms with Crippen molar-refractivity contribution in [2.75, 3.05) is 24.6 Å². The lowest BCUT2D eigenvalue weighted by molar-refractivity contribution is -0.123. The Balaban J connectivity index is 1.50. The van der Waals surface area contributed by atoms with Crippen LogP contribution in [0, 0.1) is 5.82 Å². The number of carbonyl (C=O) groups excluding carboxylic acids is 1. The molecule has 6 heteroatoms. The highest BCUT2D eigenvalue weighted by molar-refractivity contribution is 6.30. The van der Waals surface area contributed by atoms with Crippen LogP contribution in [0.3, 0.4) is 0 Å². The number of carbonyl (C=O) groups is 1. The summed E-state index contributed by atoms with van der Waals surface area (Å²) in [5.74, 6) is 0.186. The smallest absolute Gasteiger partial charge is 0.258 e. The Morgan fingerprint density at radius 2 is 2.08 bits per heavy atom. The average molecular weight is 363 g/mol. The van der Waals surface area contributed by atoms with Crippen LogP contribution in [0.1, 0.15) is 12.8 Å². The molecular formula is C19H20ClFN2O2. The molecule has 25 heavy (non-hydrogen) atoms. The maximum Gasteiger partial charge on any atom is 0.258 e. The van der Waals surface area contributed by atoms with Crippen LogP contribution in [0.25, 0.3) is 0 Å². The third-order valence-corrected chi connectivity index (χ3v) is 4.40. The summed E-state index contributed by atoms with van der Waals surface area (Å²) < 4.78 is 18.9. The second-order valence-electron chi connectivity index (χ2n) is 6.08. The highest BCUT2D eigenvalue weighted by Gasteiger charge is 2.22. The van der Waals surface area contributed by atoms with Crippen molar-refractivity contribution in [1.29, 1.82) is 0 Å². The van der Waals surface area contributed by atoms with Gasteiger partial charge in [-0.2, -0.15) is 0 Å². The van der Waals surface area contributed by atoms with Crippen LogP contribution >= 0.6 is 11.6 Å². The lowest BCUT2D eigenvalue weighted by atomic mass is 10.0. The summed E-state index contributed by atoms with van der Waals surface area (Å²) in [7, 11) is 0. The Hall–Kier alpha value is -2.27. The first kappa shape index (κ1) is 17.5. The number of rotatable bonds is 5. The number of benzene rings is 2. The van der Waals surface area contributed by atoms with Crippen molar-refractivity contribution in [2.24, 2.45) is 0 Å².